The second kappa shape index (κ2) is 8.38. The summed E-state index contributed by atoms with van der Waals surface area (Å²) in [5.41, 5.74) is 3.01. The monoisotopic (exact) mass is 444 g/mol. The van der Waals surface area contributed by atoms with Gasteiger partial charge in [0.05, 0.1) is 17.3 Å². The SMILES string of the molecule is Cc1ccc(S(=O)(=O)N2CCN(Cn3nnn(-c4ccccc4C)c3=S)CC2)cc1. The third kappa shape index (κ3) is 4.08. The van der Waals surface area contributed by atoms with Crippen LogP contribution in [0.25, 0.3) is 5.69 Å². The van der Waals surface area contributed by atoms with Gasteiger partial charge in [-0.25, -0.2) is 13.1 Å². The van der Waals surface area contributed by atoms with Crippen molar-refractivity contribution in [2.45, 2.75) is 25.4 Å². The predicted octanol–water partition coefficient (Wildman–Crippen LogP) is 2.38. The molecule has 8 nitrogen and oxygen atoms in total. The highest BCUT2D eigenvalue weighted by atomic mass is 32.2. The van der Waals surface area contributed by atoms with E-state index in [9.17, 15) is 8.42 Å². The first kappa shape index (κ1) is 20.9. The summed E-state index contributed by atoms with van der Waals surface area (Å²) >= 11 is 5.56. The van der Waals surface area contributed by atoms with E-state index in [-0.39, 0.29) is 0 Å². The number of hydrogen-bond donors (Lipinski definition) is 0. The highest BCUT2D eigenvalue weighted by molar-refractivity contribution is 7.89. The van der Waals surface area contributed by atoms with E-state index in [2.05, 4.69) is 15.3 Å². The van der Waals surface area contributed by atoms with Crippen LogP contribution in [0.4, 0.5) is 0 Å². The molecule has 0 N–H and O–H groups in total. The van der Waals surface area contributed by atoms with E-state index >= 15 is 0 Å². The van der Waals surface area contributed by atoms with E-state index in [0.29, 0.717) is 42.5 Å². The molecule has 1 saturated heterocycles. The third-order valence-corrected chi connectivity index (χ3v) is 7.60. The molecule has 10 heteroatoms. The molecular weight excluding hydrogens is 420 g/mol. The zero-order chi connectivity index (χ0) is 21.3. The number of piperazine rings is 1. The van der Waals surface area contributed by atoms with Crippen LogP contribution in [-0.2, 0) is 16.7 Å². The normalized spacial score (nSPS) is 16.1. The average molecular weight is 445 g/mol. The van der Waals surface area contributed by atoms with Crippen LogP contribution in [0.1, 0.15) is 11.1 Å². The van der Waals surface area contributed by atoms with Gasteiger partial charge in [0.15, 0.2) is 0 Å². The molecule has 30 heavy (non-hydrogen) atoms. The molecule has 2 heterocycles. The van der Waals surface area contributed by atoms with Crippen molar-refractivity contribution in [3.8, 4) is 5.69 Å². The standard InChI is InChI=1S/C20H24N6O2S2/c1-16-7-9-18(10-8-16)30(27,28)24-13-11-23(12-14-24)15-25-20(29)26(22-21-25)19-6-4-3-5-17(19)2/h3-10H,11-15H2,1-2H3. The van der Waals surface area contributed by atoms with Crippen LogP contribution in [-0.4, -0.2) is 63.6 Å². The van der Waals surface area contributed by atoms with Crippen molar-refractivity contribution in [3.05, 3.63) is 64.4 Å². The summed E-state index contributed by atoms with van der Waals surface area (Å²) in [7, 11) is -3.47. The molecule has 1 aliphatic rings. The van der Waals surface area contributed by atoms with Crippen LogP contribution in [0.2, 0.25) is 0 Å². The Morgan fingerprint density at radius 2 is 1.60 bits per heavy atom. The van der Waals surface area contributed by atoms with Gasteiger partial charge in [-0.15, -0.1) is 0 Å². The molecule has 0 unspecified atom stereocenters. The third-order valence-electron chi connectivity index (χ3n) is 5.31. The van der Waals surface area contributed by atoms with Crippen LogP contribution >= 0.6 is 12.2 Å². The number of rotatable bonds is 5. The lowest BCUT2D eigenvalue weighted by Gasteiger charge is -2.33. The minimum absolute atomic E-state index is 0.338. The molecule has 0 spiro atoms. The number of para-hydroxylation sites is 1. The van der Waals surface area contributed by atoms with Gasteiger partial charge in [-0.05, 0) is 60.3 Å². The molecule has 1 aromatic heterocycles. The average Bonchev–Trinajstić information content (AvgIpc) is 3.09. The Morgan fingerprint density at radius 3 is 2.27 bits per heavy atom. The minimum atomic E-state index is -3.47. The van der Waals surface area contributed by atoms with E-state index in [1.165, 1.54) is 4.31 Å². The van der Waals surface area contributed by atoms with Crippen molar-refractivity contribution in [3.63, 3.8) is 0 Å². The topological polar surface area (TPSA) is 76.3 Å². The van der Waals surface area contributed by atoms with E-state index in [0.717, 1.165) is 16.8 Å². The number of nitrogens with zero attached hydrogens (tertiary/aromatic N) is 6. The molecule has 1 aliphatic heterocycles. The van der Waals surface area contributed by atoms with Gasteiger partial charge in [0, 0.05) is 26.2 Å². The van der Waals surface area contributed by atoms with Gasteiger partial charge in [-0.3, -0.25) is 4.90 Å². The fourth-order valence-electron chi connectivity index (χ4n) is 3.48. The summed E-state index contributed by atoms with van der Waals surface area (Å²) in [4.78, 5) is 2.47. The Labute approximate surface area is 181 Å². The van der Waals surface area contributed by atoms with Gasteiger partial charge >= 0.3 is 0 Å². The van der Waals surface area contributed by atoms with Crippen LogP contribution < -0.4 is 0 Å². The largest absolute Gasteiger partial charge is 0.282 e. The molecule has 1 fully saturated rings. The summed E-state index contributed by atoms with van der Waals surface area (Å²) < 4.78 is 31.1. The van der Waals surface area contributed by atoms with Gasteiger partial charge in [-0.1, -0.05) is 35.9 Å². The van der Waals surface area contributed by atoms with E-state index in [4.69, 9.17) is 12.2 Å². The van der Waals surface area contributed by atoms with Gasteiger partial charge < -0.3 is 0 Å². The highest BCUT2D eigenvalue weighted by Gasteiger charge is 2.28. The molecule has 0 radical (unpaired) electrons. The number of aromatic nitrogens is 4. The maximum Gasteiger partial charge on any atom is 0.243 e. The summed E-state index contributed by atoms with van der Waals surface area (Å²) in [5, 5.41) is 8.41. The fourth-order valence-corrected chi connectivity index (χ4v) is 5.13. The quantitative estimate of drug-likeness (QED) is 0.563. The second-order valence-electron chi connectivity index (χ2n) is 7.44. The van der Waals surface area contributed by atoms with E-state index < -0.39 is 10.0 Å². The second-order valence-corrected chi connectivity index (χ2v) is 9.74. The lowest BCUT2D eigenvalue weighted by Crippen LogP contribution is -2.48. The molecule has 158 valence electrons. The van der Waals surface area contributed by atoms with Crippen molar-refractivity contribution in [1.29, 1.82) is 0 Å². The van der Waals surface area contributed by atoms with Gasteiger partial charge in [0.25, 0.3) is 0 Å². The number of hydrogen-bond acceptors (Lipinski definition) is 6. The van der Waals surface area contributed by atoms with Crippen LogP contribution in [0, 0.1) is 18.6 Å². The molecule has 4 rings (SSSR count). The lowest BCUT2D eigenvalue weighted by molar-refractivity contribution is 0.144. The Bertz CT molecular complexity index is 1190. The lowest BCUT2D eigenvalue weighted by atomic mass is 10.2. The Kier molecular flexibility index (Phi) is 5.83. The van der Waals surface area contributed by atoms with Crippen molar-refractivity contribution in [2.24, 2.45) is 0 Å². The molecule has 0 aliphatic carbocycles. The molecule has 0 bridgehead atoms. The van der Waals surface area contributed by atoms with Crippen molar-refractivity contribution < 1.29 is 8.42 Å². The predicted molar refractivity (Wildman–Crippen MR) is 116 cm³/mol. The molecular formula is C20H24N6O2S2. The number of tetrazole rings is 1. The number of aryl methyl sites for hydroxylation is 2. The maximum absolute atomic E-state index is 12.9. The smallest absolute Gasteiger partial charge is 0.243 e. The zero-order valence-corrected chi connectivity index (χ0v) is 18.6. The number of sulfonamides is 1. The van der Waals surface area contributed by atoms with Gasteiger partial charge in [-0.2, -0.15) is 8.99 Å². The first-order valence-corrected chi connectivity index (χ1v) is 11.6. The van der Waals surface area contributed by atoms with Gasteiger partial charge in [0.1, 0.15) is 0 Å². The van der Waals surface area contributed by atoms with Crippen molar-refractivity contribution >= 4 is 22.2 Å². The highest BCUT2D eigenvalue weighted by Crippen LogP contribution is 2.18. The Morgan fingerprint density at radius 1 is 0.933 bits per heavy atom. The van der Waals surface area contributed by atoms with Crippen LogP contribution in [0.15, 0.2) is 53.4 Å². The maximum atomic E-state index is 12.9. The zero-order valence-electron chi connectivity index (χ0n) is 17.0. The van der Waals surface area contributed by atoms with Crippen LogP contribution in [0.3, 0.4) is 0 Å². The van der Waals surface area contributed by atoms with Crippen molar-refractivity contribution in [1.82, 2.24) is 29.0 Å². The van der Waals surface area contributed by atoms with E-state index in [1.807, 2.05) is 50.2 Å². The van der Waals surface area contributed by atoms with Crippen LogP contribution in [0.5, 0.6) is 0 Å². The minimum Gasteiger partial charge on any atom is -0.282 e. The summed E-state index contributed by atoms with van der Waals surface area (Å²) in [6, 6.07) is 14.8. The first-order chi connectivity index (χ1) is 14.4. The molecule has 0 atom stereocenters. The van der Waals surface area contributed by atoms with E-state index in [1.54, 1.807) is 21.5 Å². The Hall–Kier alpha value is -2.40. The molecule has 3 aromatic rings. The summed E-state index contributed by atoms with van der Waals surface area (Å²) in [5.74, 6) is 0. The molecule has 0 saturated carbocycles. The summed E-state index contributed by atoms with van der Waals surface area (Å²) in [6.07, 6.45) is 0. The van der Waals surface area contributed by atoms with Crippen molar-refractivity contribution in [2.75, 3.05) is 26.2 Å². The van der Waals surface area contributed by atoms with Gasteiger partial charge in [0.2, 0.25) is 14.8 Å². The molecule has 2 aromatic carbocycles. The summed E-state index contributed by atoms with van der Waals surface area (Å²) in [6.45, 7) is 6.47. The Balaban J connectivity index is 1.43. The fraction of sp³-hybridized carbons (Fsp3) is 0.350. The first-order valence-electron chi connectivity index (χ1n) is 9.74. The molecule has 0 amide bonds. The number of benzene rings is 2.